The molecular formula is C16H29N5O4. The van der Waals surface area contributed by atoms with Crippen molar-refractivity contribution in [2.45, 2.75) is 64.6 Å². The van der Waals surface area contributed by atoms with Gasteiger partial charge in [0.05, 0.1) is 12.0 Å². The van der Waals surface area contributed by atoms with E-state index in [1.54, 1.807) is 0 Å². The van der Waals surface area contributed by atoms with E-state index in [-0.39, 0.29) is 36.7 Å². The van der Waals surface area contributed by atoms with Gasteiger partial charge in [-0.2, -0.15) is 0 Å². The van der Waals surface area contributed by atoms with Gasteiger partial charge in [0.25, 0.3) is 0 Å². The summed E-state index contributed by atoms with van der Waals surface area (Å²) in [6, 6.07) is -1.42. The van der Waals surface area contributed by atoms with E-state index < -0.39 is 29.9 Å². The number of amides is 2. The third-order valence-corrected chi connectivity index (χ3v) is 4.64. The molecule has 1 unspecified atom stereocenters. The van der Waals surface area contributed by atoms with Gasteiger partial charge in [-0.1, -0.05) is 13.8 Å². The number of hydrogen-bond acceptors (Lipinski definition) is 4. The molecule has 0 radical (unpaired) electrons. The number of aliphatic imine (C=N–C) groups is 1. The molecule has 0 spiro atoms. The molecule has 1 aliphatic rings. The first-order valence-electron chi connectivity index (χ1n) is 8.58. The second-order valence-electron chi connectivity index (χ2n) is 6.49. The van der Waals surface area contributed by atoms with E-state index in [1.807, 2.05) is 13.8 Å². The van der Waals surface area contributed by atoms with Crippen LogP contribution in [0.25, 0.3) is 0 Å². The summed E-state index contributed by atoms with van der Waals surface area (Å²) in [7, 11) is 0. The number of carbonyl (C=O) groups is 3. The first-order valence-corrected chi connectivity index (χ1v) is 8.58. The quantitative estimate of drug-likeness (QED) is 0.293. The zero-order valence-corrected chi connectivity index (χ0v) is 15.0. The highest BCUT2D eigenvalue weighted by Crippen LogP contribution is 2.36. The summed E-state index contributed by atoms with van der Waals surface area (Å²) in [6.45, 7) is 5.23. The molecule has 1 fully saturated rings. The smallest absolute Gasteiger partial charge is 0.306 e. The molecule has 0 aliphatic heterocycles. The molecule has 25 heavy (non-hydrogen) atoms. The number of nitrogens with one attached hydrogen (secondary N) is 2. The van der Waals surface area contributed by atoms with Gasteiger partial charge in [0.15, 0.2) is 5.96 Å². The Balaban J connectivity index is 3.08. The Bertz CT molecular complexity index is 529. The van der Waals surface area contributed by atoms with Gasteiger partial charge >= 0.3 is 5.97 Å². The maximum absolute atomic E-state index is 12.7. The lowest BCUT2D eigenvalue weighted by atomic mass is 9.92. The van der Waals surface area contributed by atoms with Gasteiger partial charge in [-0.25, -0.2) is 4.99 Å². The van der Waals surface area contributed by atoms with Crippen molar-refractivity contribution in [1.82, 2.24) is 10.6 Å². The molecule has 0 aromatic heterocycles. The minimum atomic E-state index is -0.958. The van der Waals surface area contributed by atoms with Gasteiger partial charge < -0.3 is 27.2 Å². The molecule has 1 rings (SSSR count). The fourth-order valence-electron chi connectivity index (χ4n) is 3.32. The number of nitrogens with two attached hydrogens (primary N) is 2. The Morgan fingerprint density at radius 1 is 1.16 bits per heavy atom. The third-order valence-electron chi connectivity index (χ3n) is 4.64. The average Bonchev–Trinajstić information content (AvgIpc) is 2.92. The zero-order valence-electron chi connectivity index (χ0n) is 15.0. The SMILES string of the molecule is CCC(CC)NC(=O)C(NC(C)=O)[C@H]1C[C@H](C(=O)O)C[C@@H]1N=C(N)N. The maximum atomic E-state index is 12.7. The predicted octanol–water partition coefficient (Wildman–Crippen LogP) is -0.451. The summed E-state index contributed by atoms with van der Waals surface area (Å²) < 4.78 is 0. The molecule has 1 saturated carbocycles. The van der Waals surface area contributed by atoms with Crippen molar-refractivity contribution in [1.29, 1.82) is 0 Å². The summed E-state index contributed by atoms with van der Waals surface area (Å²) in [5.74, 6) is -2.97. The highest BCUT2D eigenvalue weighted by atomic mass is 16.4. The average molecular weight is 355 g/mol. The number of carboxylic acids is 1. The number of carbonyl (C=O) groups excluding carboxylic acids is 2. The highest BCUT2D eigenvalue weighted by molar-refractivity contribution is 5.87. The van der Waals surface area contributed by atoms with Crippen LogP contribution in [0.4, 0.5) is 0 Å². The lowest BCUT2D eigenvalue weighted by molar-refractivity contribution is -0.141. The molecule has 1 aliphatic carbocycles. The van der Waals surface area contributed by atoms with Crippen molar-refractivity contribution in [3.8, 4) is 0 Å². The van der Waals surface area contributed by atoms with E-state index >= 15 is 0 Å². The Hall–Kier alpha value is -2.32. The molecule has 9 nitrogen and oxygen atoms in total. The lowest BCUT2D eigenvalue weighted by Crippen LogP contribution is -2.54. The molecule has 2 amide bonds. The molecule has 9 heteroatoms. The van der Waals surface area contributed by atoms with Crippen LogP contribution in [0.3, 0.4) is 0 Å². The summed E-state index contributed by atoms with van der Waals surface area (Å²) in [5.41, 5.74) is 10.9. The minimum absolute atomic E-state index is 0.0121. The highest BCUT2D eigenvalue weighted by Gasteiger charge is 2.45. The van der Waals surface area contributed by atoms with Crippen molar-refractivity contribution < 1.29 is 19.5 Å². The second-order valence-corrected chi connectivity index (χ2v) is 6.49. The van der Waals surface area contributed by atoms with E-state index in [0.717, 1.165) is 12.8 Å². The largest absolute Gasteiger partial charge is 0.481 e. The second kappa shape index (κ2) is 9.24. The zero-order chi connectivity index (χ0) is 19.1. The van der Waals surface area contributed by atoms with Crippen LogP contribution in [-0.4, -0.2) is 47.0 Å². The van der Waals surface area contributed by atoms with E-state index in [4.69, 9.17) is 11.5 Å². The molecular weight excluding hydrogens is 326 g/mol. The van der Waals surface area contributed by atoms with Crippen molar-refractivity contribution >= 4 is 23.7 Å². The standard InChI is InChI=1S/C16H29N5O4/c1-4-10(5-2)20-14(23)13(19-8(3)22)11-6-9(15(24)25)7-12(11)21-16(17)18/h9-13H,4-7H2,1-3H3,(H,19,22)(H,20,23)(H,24,25)(H4,17,18,21)/t9-,11-,12-,13?/m0/s1. The number of guanidine groups is 1. The van der Waals surface area contributed by atoms with Crippen molar-refractivity contribution in [2.75, 3.05) is 0 Å². The van der Waals surface area contributed by atoms with Crippen LogP contribution in [0, 0.1) is 11.8 Å². The van der Waals surface area contributed by atoms with Crippen molar-refractivity contribution in [3.63, 3.8) is 0 Å². The Morgan fingerprint density at radius 3 is 2.20 bits per heavy atom. The van der Waals surface area contributed by atoms with E-state index in [1.165, 1.54) is 6.92 Å². The summed E-state index contributed by atoms with van der Waals surface area (Å²) in [6.07, 6.45) is 1.97. The molecule has 142 valence electrons. The minimum Gasteiger partial charge on any atom is -0.481 e. The van der Waals surface area contributed by atoms with Gasteiger partial charge in [-0.3, -0.25) is 14.4 Å². The molecule has 0 bridgehead atoms. The Labute approximate surface area is 147 Å². The van der Waals surface area contributed by atoms with Gasteiger partial charge in [-0.15, -0.1) is 0 Å². The normalized spacial score (nSPS) is 23.8. The molecule has 7 N–H and O–H groups in total. The van der Waals surface area contributed by atoms with Crippen LogP contribution < -0.4 is 22.1 Å². The van der Waals surface area contributed by atoms with E-state index in [0.29, 0.717) is 0 Å². The Morgan fingerprint density at radius 2 is 1.76 bits per heavy atom. The van der Waals surface area contributed by atoms with Gasteiger partial charge in [0.2, 0.25) is 11.8 Å². The van der Waals surface area contributed by atoms with Gasteiger partial charge in [0, 0.05) is 18.9 Å². The summed E-state index contributed by atoms with van der Waals surface area (Å²) in [4.78, 5) is 39.8. The summed E-state index contributed by atoms with van der Waals surface area (Å²) in [5, 5.41) is 14.9. The first-order chi connectivity index (χ1) is 11.7. The molecule has 0 saturated heterocycles. The maximum Gasteiger partial charge on any atom is 0.306 e. The Kier molecular flexibility index (Phi) is 7.66. The van der Waals surface area contributed by atoms with Crippen LogP contribution in [0.5, 0.6) is 0 Å². The molecule has 0 heterocycles. The van der Waals surface area contributed by atoms with E-state index in [9.17, 15) is 19.5 Å². The van der Waals surface area contributed by atoms with Crippen LogP contribution in [-0.2, 0) is 14.4 Å². The predicted molar refractivity (Wildman–Crippen MR) is 93.6 cm³/mol. The van der Waals surface area contributed by atoms with E-state index in [2.05, 4.69) is 15.6 Å². The fraction of sp³-hybridized carbons (Fsp3) is 0.750. The van der Waals surface area contributed by atoms with Crippen LogP contribution in [0.1, 0.15) is 46.5 Å². The van der Waals surface area contributed by atoms with Crippen LogP contribution in [0.2, 0.25) is 0 Å². The van der Waals surface area contributed by atoms with Crippen LogP contribution >= 0.6 is 0 Å². The number of aliphatic carboxylic acids is 1. The van der Waals surface area contributed by atoms with Crippen molar-refractivity contribution in [3.05, 3.63) is 0 Å². The third kappa shape index (κ3) is 5.91. The lowest BCUT2D eigenvalue weighted by Gasteiger charge is -2.28. The molecule has 0 aromatic rings. The topological polar surface area (TPSA) is 160 Å². The number of nitrogens with zero attached hydrogens (tertiary/aromatic N) is 1. The van der Waals surface area contributed by atoms with Gasteiger partial charge in [-0.05, 0) is 25.7 Å². The number of hydrogen-bond donors (Lipinski definition) is 5. The van der Waals surface area contributed by atoms with Crippen molar-refractivity contribution in [2.24, 2.45) is 28.3 Å². The summed E-state index contributed by atoms with van der Waals surface area (Å²) >= 11 is 0. The fourth-order valence-corrected chi connectivity index (χ4v) is 3.32. The van der Waals surface area contributed by atoms with Gasteiger partial charge in [0.1, 0.15) is 6.04 Å². The number of carboxylic acid groups (broad SMARTS) is 1. The number of rotatable bonds is 8. The molecule has 0 aromatic carbocycles. The first kappa shape index (κ1) is 20.7. The molecule has 4 atom stereocenters. The van der Waals surface area contributed by atoms with Crippen LogP contribution in [0.15, 0.2) is 4.99 Å². The monoisotopic (exact) mass is 355 g/mol.